The van der Waals surface area contributed by atoms with Crippen molar-refractivity contribution >= 4 is 23.5 Å². The zero-order valence-electron chi connectivity index (χ0n) is 15.5. The number of hydrogen-bond donors (Lipinski definition) is 2. The number of methoxy groups -OCH3 is 1. The number of carbonyl (C=O) groups excluding carboxylic acids is 2. The molecule has 0 saturated carbocycles. The first-order valence-electron chi connectivity index (χ1n) is 8.68. The molecule has 1 aliphatic rings. The number of β-amino-alcohol motifs (C(OH)–C–C–N with tert-alkyl or cyclic N) is 1. The normalized spacial score (nSPS) is 20.1. The molecule has 3 rings (SSSR count). The summed E-state index contributed by atoms with van der Waals surface area (Å²) in [6.07, 6.45) is -1.04. The number of nitrogens with zero attached hydrogens (tertiary/aromatic N) is 1. The molecule has 2 aromatic rings. The molecule has 0 radical (unpaired) electrons. The monoisotopic (exact) mass is 404 g/mol. The molecule has 2 aromatic carbocycles. The molecule has 1 fully saturated rings. The van der Waals surface area contributed by atoms with Crippen molar-refractivity contribution in [1.82, 2.24) is 10.2 Å². The molecule has 0 spiro atoms. The van der Waals surface area contributed by atoms with Crippen LogP contribution in [0.1, 0.15) is 12.5 Å². The zero-order chi connectivity index (χ0) is 20.3. The van der Waals surface area contributed by atoms with Crippen molar-refractivity contribution in [3.63, 3.8) is 0 Å². The first-order chi connectivity index (χ1) is 13.3. The van der Waals surface area contributed by atoms with Crippen molar-refractivity contribution in [1.29, 1.82) is 0 Å². The van der Waals surface area contributed by atoms with Gasteiger partial charge < -0.3 is 19.9 Å². The van der Waals surface area contributed by atoms with E-state index in [4.69, 9.17) is 21.1 Å². The highest BCUT2D eigenvalue weighted by Gasteiger charge is 2.49. The van der Waals surface area contributed by atoms with Crippen LogP contribution < -0.4 is 14.8 Å². The lowest BCUT2D eigenvalue weighted by Gasteiger charge is -2.23. The fourth-order valence-electron chi connectivity index (χ4n) is 2.97. The van der Waals surface area contributed by atoms with E-state index in [0.29, 0.717) is 22.1 Å². The second-order valence-corrected chi connectivity index (χ2v) is 7.05. The average Bonchev–Trinajstić information content (AvgIpc) is 2.91. The summed E-state index contributed by atoms with van der Waals surface area (Å²) in [5.41, 5.74) is -0.597. The topological polar surface area (TPSA) is 88.1 Å². The number of aliphatic hydroxyl groups excluding tert-OH is 1. The van der Waals surface area contributed by atoms with Crippen LogP contribution in [0.4, 0.5) is 4.79 Å². The second-order valence-electron chi connectivity index (χ2n) is 6.62. The number of hydrogen-bond acceptors (Lipinski definition) is 5. The fourth-order valence-corrected chi connectivity index (χ4v) is 3.10. The molecule has 8 heteroatoms. The molecule has 7 nitrogen and oxygen atoms in total. The van der Waals surface area contributed by atoms with Gasteiger partial charge in [0.05, 0.1) is 13.7 Å². The summed E-state index contributed by atoms with van der Waals surface area (Å²) in [6, 6.07) is 13.0. The van der Waals surface area contributed by atoms with Gasteiger partial charge in [-0.15, -0.1) is 0 Å². The summed E-state index contributed by atoms with van der Waals surface area (Å²) < 4.78 is 10.6. The van der Waals surface area contributed by atoms with E-state index in [-0.39, 0.29) is 13.2 Å². The summed E-state index contributed by atoms with van der Waals surface area (Å²) in [7, 11) is 1.57. The van der Waals surface area contributed by atoms with Crippen molar-refractivity contribution in [3.8, 4) is 11.5 Å². The minimum Gasteiger partial charge on any atom is -0.497 e. The maximum absolute atomic E-state index is 12.8. The van der Waals surface area contributed by atoms with Crippen LogP contribution in [-0.2, 0) is 10.3 Å². The van der Waals surface area contributed by atoms with E-state index < -0.39 is 23.6 Å². The Morgan fingerprint density at radius 3 is 2.32 bits per heavy atom. The van der Waals surface area contributed by atoms with E-state index in [1.807, 2.05) is 0 Å². The molecule has 1 saturated heterocycles. The molecule has 2 atom stereocenters. The third-order valence-electron chi connectivity index (χ3n) is 4.59. The van der Waals surface area contributed by atoms with Crippen molar-refractivity contribution < 1.29 is 24.2 Å². The second kappa shape index (κ2) is 8.08. The molecule has 3 amide bonds. The largest absolute Gasteiger partial charge is 0.497 e. The van der Waals surface area contributed by atoms with Gasteiger partial charge in [0.2, 0.25) is 0 Å². The number of carbonyl (C=O) groups is 2. The Labute approximate surface area is 167 Å². The van der Waals surface area contributed by atoms with E-state index in [2.05, 4.69) is 5.32 Å². The van der Waals surface area contributed by atoms with Gasteiger partial charge in [-0.3, -0.25) is 9.69 Å². The number of rotatable bonds is 7. The Balaban J connectivity index is 1.62. The van der Waals surface area contributed by atoms with Crippen molar-refractivity contribution in [2.45, 2.75) is 18.6 Å². The lowest BCUT2D eigenvalue weighted by Crippen LogP contribution is -2.42. The predicted molar refractivity (Wildman–Crippen MR) is 104 cm³/mol. The van der Waals surface area contributed by atoms with Gasteiger partial charge in [0.15, 0.2) is 0 Å². The first-order valence-corrected chi connectivity index (χ1v) is 9.06. The van der Waals surface area contributed by atoms with Crippen LogP contribution in [0.2, 0.25) is 5.02 Å². The molecule has 148 valence electrons. The number of imide groups is 1. The Hall–Kier alpha value is -2.77. The van der Waals surface area contributed by atoms with Gasteiger partial charge >= 0.3 is 6.03 Å². The number of aliphatic hydroxyl groups is 1. The standard InChI is InChI=1S/C20H21ClN2O5/c1-20(13-3-5-14(21)6-4-13)18(25)23(19(26)22-20)11-15(24)12-28-17-9-7-16(27-2)8-10-17/h3-10,15,24H,11-12H2,1-2H3,(H,22,26). The Bertz CT molecular complexity index is 856. The van der Waals surface area contributed by atoms with Crippen molar-refractivity contribution in [2.24, 2.45) is 0 Å². The lowest BCUT2D eigenvalue weighted by atomic mass is 9.92. The molecule has 1 heterocycles. The van der Waals surface area contributed by atoms with E-state index in [1.165, 1.54) is 0 Å². The van der Waals surface area contributed by atoms with Crippen LogP contribution in [0.3, 0.4) is 0 Å². The van der Waals surface area contributed by atoms with Crippen molar-refractivity contribution in [3.05, 3.63) is 59.1 Å². The molecule has 2 unspecified atom stereocenters. The van der Waals surface area contributed by atoms with E-state index in [0.717, 1.165) is 4.90 Å². The van der Waals surface area contributed by atoms with E-state index >= 15 is 0 Å². The summed E-state index contributed by atoms with van der Waals surface area (Å²) in [6.45, 7) is 1.38. The maximum Gasteiger partial charge on any atom is 0.325 e. The molecule has 1 aliphatic heterocycles. The quantitative estimate of drug-likeness (QED) is 0.692. The number of urea groups is 1. The Morgan fingerprint density at radius 1 is 1.11 bits per heavy atom. The molecule has 28 heavy (non-hydrogen) atoms. The van der Waals surface area contributed by atoms with Crippen LogP contribution in [0.5, 0.6) is 11.5 Å². The summed E-state index contributed by atoms with van der Waals surface area (Å²) in [4.78, 5) is 26.2. The lowest BCUT2D eigenvalue weighted by molar-refractivity contribution is -0.132. The fraction of sp³-hybridized carbons (Fsp3) is 0.300. The molecule has 0 aromatic heterocycles. The number of benzene rings is 2. The summed E-state index contributed by atoms with van der Waals surface area (Å²) in [5.74, 6) is 0.792. The average molecular weight is 405 g/mol. The highest BCUT2D eigenvalue weighted by molar-refractivity contribution is 6.30. The Morgan fingerprint density at radius 2 is 1.71 bits per heavy atom. The minimum absolute atomic E-state index is 0.0684. The Kier molecular flexibility index (Phi) is 5.76. The van der Waals surface area contributed by atoms with Gasteiger partial charge in [0.1, 0.15) is 29.7 Å². The van der Waals surface area contributed by atoms with Crippen molar-refractivity contribution in [2.75, 3.05) is 20.3 Å². The molecular weight excluding hydrogens is 384 g/mol. The van der Waals surface area contributed by atoms with Crippen LogP contribution >= 0.6 is 11.6 Å². The van der Waals surface area contributed by atoms with E-state index in [1.54, 1.807) is 62.6 Å². The van der Waals surface area contributed by atoms with Crippen LogP contribution in [0.15, 0.2) is 48.5 Å². The molecular formula is C20H21ClN2O5. The van der Waals surface area contributed by atoms with Crippen LogP contribution in [0, 0.1) is 0 Å². The van der Waals surface area contributed by atoms with Crippen LogP contribution in [-0.4, -0.2) is 48.3 Å². The third kappa shape index (κ3) is 4.05. The smallest absolute Gasteiger partial charge is 0.325 e. The molecule has 0 aliphatic carbocycles. The zero-order valence-corrected chi connectivity index (χ0v) is 16.3. The highest BCUT2D eigenvalue weighted by atomic mass is 35.5. The van der Waals surface area contributed by atoms with Gasteiger partial charge in [-0.05, 0) is 48.9 Å². The molecule has 2 N–H and O–H groups in total. The SMILES string of the molecule is COc1ccc(OCC(O)CN2C(=O)NC(C)(c3ccc(Cl)cc3)C2=O)cc1. The van der Waals surface area contributed by atoms with Gasteiger partial charge in [0.25, 0.3) is 5.91 Å². The van der Waals surface area contributed by atoms with Gasteiger partial charge in [-0.2, -0.15) is 0 Å². The predicted octanol–water partition coefficient (Wildman–Crippen LogP) is 2.56. The summed E-state index contributed by atoms with van der Waals surface area (Å²) in [5, 5.41) is 13.5. The summed E-state index contributed by atoms with van der Waals surface area (Å²) >= 11 is 5.89. The van der Waals surface area contributed by atoms with Gasteiger partial charge in [0, 0.05) is 5.02 Å². The van der Waals surface area contributed by atoms with E-state index in [9.17, 15) is 14.7 Å². The maximum atomic E-state index is 12.8. The number of ether oxygens (including phenoxy) is 2. The minimum atomic E-state index is -1.21. The number of halogens is 1. The van der Waals surface area contributed by atoms with Gasteiger partial charge in [-0.1, -0.05) is 23.7 Å². The first kappa shape index (κ1) is 20.0. The van der Waals surface area contributed by atoms with Crippen LogP contribution in [0.25, 0.3) is 0 Å². The van der Waals surface area contributed by atoms with Gasteiger partial charge in [-0.25, -0.2) is 4.79 Å². The number of nitrogens with one attached hydrogen (secondary N) is 1. The number of amides is 3. The highest BCUT2D eigenvalue weighted by Crippen LogP contribution is 2.29. The molecule has 0 bridgehead atoms. The third-order valence-corrected chi connectivity index (χ3v) is 4.84.